The van der Waals surface area contributed by atoms with Gasteiger partial charge < -0.3 is 16.0 Å². The molecule has 0 aliphatic carbocycles. The Bertz CT molecular complexity index is 1450. The molecule has 4 N–H and O–H groups in total. The normalized spacial score (nSPS) is 12.9. The highest BCUT2D eigenvalue weighted by atomic mass is 35.5. The quantitative estimate of drug-likeness (QED) is 0.430. The maximum absolute atomic E-state index is 12.8. The molecular formula is C22H17ClN8O2. The zero-order valence-corrected chi connectivity index (χ0v) is 17.9. The van der Waals surface area contributed by atoms with Crippen LogP contribution in [0.1, 0.15) is 21.6 Å². The number of hydrogen-bond acceptors (Lipinski definition) is 5. The Morgan fingerprint density at radius 1 is 1.21 bits per heavy atom. The predicted octanol–water partition coefficient (Wildman–Crippen LogP) is 3.10. The number of aromatic amines is 1. The van der Waals surface area contributed by atoms with Gasteiger partial charge in [-0.2, -0.15) is 15.5 Å². The summed E-state index contributed by atoms with van der Waals surface area (Å²) >= 11 is 6.37. The van der Waals surface area contributed by atoms with Gasteiger partial charge >= 0.3 is 6.03 Å². The third-order valence-corrected chi connectivity index (χ3v) is 5.85. The Labute approximate surface area is 192 Å². The fourth-order valence-corrected chi connectivity index (χ4v) is 4.20. The average molecular weight is 461 g/mol. The van der Waals surface area contributed by atoms with Crippen molar-refractivity contribution in [3.8, 4) is 17.3 Å². The molecule has 4 aromatic rings. The van der Waals surface area contributed by atoms with Gasteiger partial charge in [0.05, 0.1) is 52.7 Å². The van der Waals surface area contributed by atoms with Crippen LogP contribution < -0.4 is 11.1 Å². The number of rotatable bonds is 3. The Morgan fingerprint density at radius 2 is 2.00 bits per heavy atom. The van der Waals surface area contributed by atoms with Gasteiger partial charge in [0.2, 0.25) is 0 Å². The Kier molecular flexibility index (Phi) is 4.95. The van der Waals surface area contributed by atoms with Gasteiger partial charge in [-0.25, -0.2) is 4.79 Å². The van der Waals surface area contributed by atoms with E-state index in [2.05, 4.69) is 20.6 Å². The number of nitrogens with two attached hydrogens (primary N) is 1. The average Bonchev–Trinajstić information content (AvgIpc) is 3.44. The van der Waals surface area contributed by atoms with Gasteiger partial charge in [0.1, 0.15) is 5.69 Å². The molecule has 10 nitrogen and oxygen atoms in total. The van der Waals surface area contributed by atoms with Crippen LogP contribution in [-0.2, 0) is 13.1 Å². The second-order valence-corrected chi connectivity index (χ2v) is 8.00. The topological polar surface area (TPSA) is 146 Å². The molecular weight excluding hydrogens is 444 g/mol. The van der Waals surface area contributed by atoms with E-state index in [9.17, 15) is 9.59 Å². The van der Waals surface area contributed by atoms with E-state index < -0.39 is 5.91 Å². The summed E-state index contributed by atoms with van der Waals surface area (Å²) in [7, 11) is 0. The first-order chi connectivity index (χ1) is 15.9. The van der Waals surface area contributed by atoms with Crippen LogP contribution in [0.5, 0.6) is 0 Å². The number of benzene rings is 2. The molecule has 0 radical (unpaired) electrons. The van der Waals surface area contributed by atoms with Gasteiger partial charge in [-0.3, -0.25) is 14.6 Å². The van der Waals surface area contributed by atoms with Crippen LogP contribution in [0, 0.1) is 11.3 Å². The van der Waals surface area contributed by atoms with Crippen LogP contribution in [0.2, 0.25) is 5.02 Å². The number of amides is 3. The first-order valence-electron chi connectivity index (χ1n) is 10.0. The minimum absolute atomic E-state index is 0.162. The van der Waals surface area contributed by atoms with E-state index in [1.54, 1.807) is 46.1 Å². The van der Waals surface area contributed by atoms with E-state index in [0.29, 0.717) is 51.8 Å². The van der Waals surface area contributed by atoms with E-state index in [1.807, 2.05) is 12.1 Å². The number of urea groups is 1. The highest BCUT2D eigenvalue weighted by Gasteiger charge is 2.30. The van der Waals surface area contributed by atoms with Crippen molar-refractivity contribution in [1.29, 1.82) is 5.26 Å². The Hall–Kier alpha value is -4.36. The van der Waals surface area contributed by atoms with E-state index in [0.717, 1.165) is 5.39 Å². The minimum Gasteiger partial charge on any atom is -0.365 e. The van der Waals surface area contributed by atoms with Crippen LogP contribution in [0.3, 0.4) is 0 Å². The maximum atomic E-state index is 12.8. The molecule has 3 heterocycles. The maximum Gasteiger partial charge on any atom is 0.322 e. The van der Waals surface area contributed by atoms with Crippen molar-refractivity contribution in [3.63, 3.8) is 0 Å². The van der Waals surface area contributed by atoms with Crippen molar-refractivity contribution in [1.82, 2.24) is 24.9 Å². The summed E-state index contributed by atoms with van der Waals surface area (Å²) in [5.74, 6) is -0.635. The second kappa shape index (κ2) is 7.96. The molecule has 33 heavy (non-hydrogen) atoms. The molecule has 5 rings (SSSR count). The Morgan fingerprint density at radius 3 is 2.73 bits per heavy atom. The summed E-state index contributed by atoms with van der Waals surface area (Å²) in [6, 6.07) is 11.8. The van der Waals surface area contributed by atoms with Crippen LogP contribution in [0.15, 0.2) is 42.6 Å². The van der Waals surface area contributed by atoms with E-state index in [4.69, 9.17) is 22.6 Å². The number of halogens is 1. The highest BCUT2D eigenvalue weighted by Crippen LogP contribution is 2.33. The molecule has 11 heteroatoms. The Balaban J connectivity index is 1.46. The fourth-order valence-electron chi connectivity index (χ4n) is 3.93. The molecule has 2 aromatic carbocycles. The molecule has 1 aliphatic rings. The van der Waals surface area contributed by atoms with Crippen molar-refractivity contribution in [2.45, 2.75) is 13.1 Å². The highest BCUT2D eigenvalue weighted by molar-refractivity contribution is 6.35. The molecule has 0 saturated carbocycles. The lowest BCUT2D eigenvalue weighted by atomic mass is 10.0. The molecule has 0 fully saturated rings. The number of primary amides is 1. The monoisotopic (exact) mass is 460 g/mol. The van der Waals surface area contributed by atoms with E-state index in [1.165, 1.54) is 0 Å². The predicted molar refractivity (Wildman–Crippen MR) is 121 cm³/mol. The van der Waals surface area contributed by atoms with Crippen LogP contribution >= 0.6 is 11.6 Å². The molecule has 2 aromatic heterocycles. The molecule has 0 saturated heterocycles. The first-order valence-corrected chi connectivity index (χ1v) is 10.4. The van der Waals surface area contributed by atoms with Crippen molar-refractivity contribution in [3.05, 3.63) is 64.4 Å². The number of carbonyl (C=O) groups excluding carboxylic acids is 2. The minimum atomic E-state index is -0.635. The summed E-state index contributed by atoms with van der Waals surface area (Å²) in [6.45, 7) is 0.961. The zero-order valence-electron chi connectivity index (χ0n) is 17.2. The number of H-pyrrole nitrogens is 1. The number of nitrogens with zero attached hydrogens (tertiary/aromatic N) is 5. The van der Waals surface area contributed by atoms with Crippen molar-refractivity contribution < 1.29 is 9.59 Å². The number of nitrogens with one attached hydrogen (secondary N) is 2. The zero-order chi connectivity index (χ0) is 23.1. The number of hydrogen-bond donors (Lipinski definition) is 3. The van der Waals surface area contributed by atoms with Gasteiger partial charge in [-0.05, 0) is 36.4 Å². The first kappa shape index (κ1) is 20.5. The van der Waals surface area contributed by atoms with E-state index >= 15 is 0 Å². The number of anilines is 1. The molecule has 0 atom stereocenters. The number of aromatic nitrogens is 4. The number of carbonyl (C=O) groups is 2. The summed E-state index contributed by atoms with van der Waals surface area (Å²) in [5.41, 5.74) is 9.36. The molecule has 0 bridgehead atoms. The third-order valence-electron chi connectivity index (χ3n) is 5.55. The number of nitriles is 1. The van der Waals surface area contributed by atoms with Crippen molar-refractivity contribution in [2.24, 2.45) is 5.73 Å². The smallest absolute Gasteiger partial charge is 0.322 e. The molecule has 164 valence electrons. The van der Waals surface area contributed by atoms with Gasteiger partial charge in [-0.1, -0.05) is 11.6 Å². The summed E-state index contributed by atoms with van der Waals surface area (Å²) in [5, 5.41) is 24.4. The van der Waals surface area contributed by atoms with Gasteiger partial charge in [0, 0.05) is 23.2 Å². The van der Waals surface area contributed by atoms with Crippen molar-refractivity contribution in [2.75, 3.05) is 11.9 Å². The lowest BCUT2D eigenvalue weighted by Crippen LogP contribution is -2.41. The van der Waals surface area contributed by atoms with E-state index in [-0.39, 0.29) is 18.1 Å². The summed E-state index contributed by atoms with van der Waals surface area (Å²) in [6.07, 6.45) is 1.64. The summed E-state index contributed by atoms with van der Waals surface area (Å²) in [4.78, 5) is 26.8. The molecule has 0 spiro atoms. The van der Waals surface area contributed by atoms with Crippen LogP contribution in [0.4, 0.5) is 10.5 Å². The fraction of sp³-hybridized carbons (Fsp3) is 0.136. The van der Waals surface area contributed by atoms with Crippen LogP contribution in [-0.4, -0.2) is 43.4 Å². The number of fused-ring (bicyclic) bond motifs is 2. The largest absolute Gasteiger partial charge is 0.365 e. The van der Waals surface area contributed by atoms with Gasteiger partial charge in [0.15, 0.2) is 0 Å². The standard InChI is InChI=1S/C22H17ClN8O2/c23-16-8-13(7-14-10-26-28-19(14)16)20-18(21(25)32)17-11-30(5-6-31(17)29-20)22(33)27-15-3-1-12(9-24)2-4-15/h1-4,7-8,10H,5-6,11H2,(H2,25,32)(H,26,28)(H,27,33). The third kappa shape index (κ3) is 3.64. The molecule has 3 amide bonds. The van der Waals surface area contributed by atoms with Crippen LogP contribution in [0.25, 0.3) is 22.2 Å². The second-order valence-electron chi connectivity index (χ2n) is 7.59. The summed E-state index contributed by atoms with van der Waals surface area (Å²) < 4.78 is 1.70. The van der Waals surface area contributed by atoms with Crippen molar-refractivity contribution >= 4 is 40.1 Å². The van der Waals surface area contributed by atoms with Gasteiger partial charge in [0.25, 0.3) is 5.91 Å². The van der Waals surface area contributed by atoms with Gasteiger partial charge in [-0.15, -0.1) is 0 Å². The molecule has 1 aliphatic heterocycles. The SMILES string of the molecule is N#Cc1ccc(NC(=O)N2CCn3nc(-c4cc(Cl)c5[nH]ncc5c4)c(C(N)=O)c3C2)cc1. The molecule has 0 unspecified atom stereocenters. The lowest BCUT2D eigenvalue weighted by Gasteiger charge is -2.28. The lowest BCUT2D eigenvalue weighted by molar-refractivity contribution is 0.0997.